The lowest BCUT2D eigenvalue weighted by atomic mass is 9.95. The van der Waals surface area contributed by atoms with Crippen molar-refractivity contribution in [2.75, 3.05) is 0 Å². The van der Waals surface area contributed by atoms with Crippen LogP contribution >= 0.6 is 0 Å². The first-order valence-electron chi connectivity index (χ1n) is 5.67. The van der Waals surface area contributed by atoms with Crippen LogP contribution in [-0.4, -0.2) is 12.2 Å². The van der Waals surface area contributed by atoms with Crippen LogP contribution in [0.3, 0.4) is 0 Å². The molecule has 1 aliphatic rings. The topological polar surface area (TPSA) is 76.2 Å². The van der Waals surface area contributed by atoms with Crippen LogP contribution in [-0.2, 0) is 9.53 Å². The number of hydrogen-bond donors (Lipinski definition) is 2. The van der Waals surface area contributed by atoms with Crippen LogP contribution in [0, 0.1) is 11.2 Å². The summed E-state index contributed by atoms with van der Waals surface area (Å²) in [4.78, 5) is 11.4. The third-order valence-electron chi connectivity index (χ3n) is 2.98. The number of halogens is 1. The minimum atomic E-state index is -0.583. The van der Waals surface area contributed by atoms with Crippen molar-refractivity contribution < 1.29 is 13.9 Å². The predicted molar refractivity (Wildman–Crippen MR) is 69.9 cm³/mol. The smallest absolute Gasteiger partial charge is 0.334 e. The van der Waals surface area contributed by atoms with Gasteiger partial charge in [-0.1, -0.05) is 12.6 Å². The van der Waals surface area contributed by atoms with Gasteiger partial charge in [-0.3, -0.25) is 0 Å². The van der Waals surface area contributed by atoms with Gasteiger partial charge in [0.05, 0.1) is 0 Å². The molecule has 1 aliphatic heterocycles. The second kappa shape index (κ2) is 5.06. The van der Waals surface area contributed by atoms with Crippen molar-refractivity contribution in [3.8, 4) is 0 Å². The van der Waals surface area contributed by atoms with Gasteiger partial charge in [-0.2, -0.15) is 0 Å². The van der Waals surface area contributed by atoms with E-state index in [1.54, 1.807) is 0 Å². The lowest BCUT2D eigenvalue weighted by Gasteiger charge is -2.15. The van der Waals surface area contributed by atoms with E-state index in [-0.39, 0.29) is 0 Å². The fourth-order valence-electron chi connectivity index (χ4n) is 2.01. The van der Waals surface area contributed by atoms with E-state index in [9.17, 15) is 9.18 Å². The van der Waals surface area contributed by atoms with Crippen LogP contribution in [0.25, 0.3) is 5.57 Å². The number of esters is 1. The molecule has 1 aromatic rings. The van der Waals surface area contributed by atoms with Gasteiger partial charge in [0.2, 0.25) is 0 Å². The largest absolute Gasteiger partial charge is 0.454 e. The molecule has 0 radical (unpaired) electrons. The number of ether oxygens (including phenoxy) is 1. The lowest BCUT2D eigenvalue weighted by molar-refractivity contribution is -0.139. The Kier molecular flexibility index (Phi) is 3.46. The molecule has 5 heteroatoms. The SMILES string of the molecule is C=C1C[C@@H](c2cc(F)ccc2/C(C=N)=C/N)OC1=O. The number of allylic oxidation sites excluding steroid dienone is 1. The number of carbonyl (C=O) groups is 1. The zero-order chi connectivity index (χ0) is 14.0. The number of rotatable bonds is 3. The van der Waals surface area contributed by atoms with Crippen LogP contribution in [0.5, 0.6) is 0 Å². The second-order valence-electron chi connectivity index (χ2n) is 4.20. The number of nitrogens with one attached hydrogen (secondary N) is 1. The minimum Gasteiger partial charge on any atom is -0.454 e. The molecule has 0 saturated carbocycles. The van der Waals surface area contributed by atoms with E-state index >= 15 is 0 Å². The van der Waals surface area contributed by atoms with Crippen LogP contribution in [0.15, 0.2) is 36.6 Å². The van der Waals surface area contributed by atoms with E-state index in [4.69, 9.17) is 15.9 Å². The third-order valence-corrected chi connectivity index (χ3v) is 2.98. The molecule has 1 atom stereocenters. The van der Waals surface area contributed by atoms with E-state index < -0.39 is 17.9 Å². The van der Waals surface area contributed by atoms with Crippen molar-refractivity contribution in [3.05, 3.63) is 53.5 Å². The zero-order valence-corrected chi connectivity index (χ0v) is 10.2. The van der Waals surface area contributed by atoms with Gasteiger partial charge in [0, 0.05) is 35.5 Å². The Morgan fingerprint density at radius 3 is 2.84 bits per heavy atom. The Balaban J connectivity index is 2.49. The molecule has 98 valence electrons. The van der Waals surface area contributed by atoms with Crippen molar-refractivity contribution in [2.24, 2.45) is 5.73 Å². The summed E-state index contributed by atoms with van der Waals surface area (Å²) in [5.74, 6) is -0.915. The Hall–Kier alpha value is -2.43. The minimum absolute atomic E-state index is 0.311. The Morgan fingerprint density at radius 2 is 2.32 bits per heavy atom. The zero-order valence-electron chi connectivity index (χ0n) is 10.2. The summed E-state index contributed by atoms with van der Waals surface area (Å²) in [5, 5.41) is 7.31. The molecular formula is C14H13FN2O2. The highest BCUT2D eigenvalue weighted by molar-refractivity contribution is 6.08. The molecule has 3 N–H and O–H groups in total. The first-order chi connectivity index (χ1) is 9.06. The van der Waals surface area contributed by atoms with Crippen LogP contribution in [0.2, 0.25) is 0 Å². The van der Waals surface area contributed by atoms with E-state index in [2.05, 4.69) is 6.58 Å². The molecule has 0 bridgehead atoms. The van der Waals surface area contributed by atoms with Crippen molar-refractivity contribution >= 4 is 17.8 Å². The van der Waals surface area contributed by atoms with E-state index in [1.165, 1.54) is 24.4 Å². The molecular weight excluding hydrogens is 247 g/mol. The van der Waals surface area contributed by atoms with Gasteiger partial charge in [-0.25, -0.2) is 9.18 Å². The van der Waals surface area contributed by atoms with Gasteiger partial charge in [0.25, 0.3) is 0 Å². The number of benzene rings is 1. The van der Waals surface area contributed by atoms with E-state index in [0.29, 0.717) is 28.7 Å². The fourth-order valence-corrected chi connectivity index (χ4v) is 2.01. The molecule has 0 spiro atoms. The molecule has 4 nitrogen and oxygen atoms in total. The van der Waals surface area contributed by atoms with Gasteiger partial charge in [-0.15, -0.1) is 0 Å². The maximum absolute atomic E-state index is 13.4. The summed E-state index contributed by atoms with van der Waals surface area (Å²) in [6, 6.07) is 4.08. The number of carbonyl (C=O) groups excluding carboxylic acids is 1. The van der Waals surface area contributed by atoms with Gasteiger partial charge in [0.15, 0.2) is 0 Å². The molecule has 0 amide bonds. The van der Waals surface area contributed by atoms with Crippen molar-refractivity contribution in [1.29, 1.82) is 5.41 Å². The lowest BCUT2D eigenvalue weighted by Crippen LogP contribution is -2.04. The highest BCUT2D eigenvalue weighted by Gasteiger charge is 2.30. The van der Waals surface area contributed by atoms with Gasteiger partial charge in [0.1, 0.15) is 11.9 Å². The fraction of sp³-hybridized carbons (Fsp3) is 0.143. The molecule has 1 fully saturated rings. The molecule has 19 heavy (non-hydrogen) atoms. The summed E-state index contributed by atoms with van der Waals surface area (Å²) in [5.41, 5.74) is 7.30. The summed E-state index contributed by atoms with van der Waals surface area (Å²) in [6.45, 7) is 3.60. The maximum Gasteiger partial charge on any atom is 0.334 e. The molecule has 0 aromatic heterocycles. The summed E-state index contributed by atoms with van der Waals surface area (Å²) < 4.78 is 18.5. The number of cyclic esters (lactones) is 1. The summed E-state index contributed by atoms with van der Waals surface area (Å²) >= 11 is 0. The van der Waals surface area contributed by atoms with E-state index in [0.717, 1.165) is 6.21 Å². The van der Waals surface area contributed by atoms with E-state index in [1.807, 2.05) is 0 Å². The van der Waals surface area contributed by atoms with Crippen molar-refractivity contribution in [3.63, 3.8) is 0 Å². The summed E-state index contributed by atoms with van der Waals surface area (Å²) in [6.07, 6.45) is 2.06. The third kappa shape index (κ3) is 2.40. The molecule has 1 saturated heterocycles. The van der Waals surface area contributed by atoms with Crippen LogP contribution in [0.4, 0.5) is 4.39 Å². The molecule has 1 heterocycles. The van der Waals surface area contributed by atoms with Gasteiger partial charge < -0.3 is 15.9 Å². The maximum atomic E-state index is 13.4. The molecule has 0 aliphatic carbocycles. The quantitative estimate of drug-likeness (QED) is 0.497. The molecule has 2 rings (SSSR count). The average molecular weight is 260 g/mol. The highest BCUT2D eigenvalue weighted by Crippen LogP contribution is 2.36. The van der Waals surface area contributed by atoms with Crippen molar-refractivity contribution in [1.82, 2.24) is 0 Å². The Labute approximate surface area is 109 Å². The Bertz CT molecular complexity index is 577. The van der Waals surface area contributed by atoms with Crippen molar-refractivity contribution in [2.45, 2.75) is 12.5 Å². The average Bonchev–Trinajstić information content (AvgIpc) is 2.72. The monoisotopic (exact) mass is 260 g/mol. The number of hydrogen-bond acceptors (Lipinski definition) is 4. The summed E-state index contributed by atoms with van der Waals surface area (Å²) in [7, 11) is 0. The number of nitrogens with two attached hydrogens (primary N) is 1. The first-order valence-corrected chi connectivity index (χ1v) is 5.67. The van der Waals surface area contributed by atoms with Gasteiger partial charge >= 0.3 is 5.97 Å². The standard InChI is InChI=1S/C14H13FN2O2/c1-8-4-13(19-14(8)18)12-5-10(15)2-3-11(12)9(6-16)7-17/h2-3,5-7,13,16H,1,4,17H2/b9-7+,16-6?/t13-/m0/s1. The molecule has 1 aromatic carbocycles. The van der Waals surface area contributed by atoms with Crippen LogP contribution < -0.4 is 5.73 Å². The molecule has 0 unspecified atom stereocenters. The van der Waals surface area contributed by atoms with Gasteiger partial charge in [-0.05, 0) is 17.7 Å². The van der Waals surface area contributed by atoms with Crippen LogP contribution in [0.1, 0.15) is 23.7 Å². The predicted octanol–water partition coefficient (Wildman–Crippen LogP) is 2.32. The first kappa shape index (κ1) is 13.0. The Morgan fingerprint density at radius 1 is 1.58 bits per heavy atom. The second-order valence-corrected chi connectivity index (χ2v) is 4.20. The highest BCUT2D eigenvalue weighted by atomic mass is 19.1. The normalized spacial score (nSPS) is 19.4.